The maximum Gasteiger partial charge on any atom is 0.236 e. The van der Waals surface area contributed by atoms with Crippen LogP contribution in [-0.4, -0.2) is 26.0 Å². The summed E-state index contributed by atoms with van der Waals surface area (Å²) < 4.78 is 33.8. The van der Waals surface area contributed by atoms with E-state index in [1.807, 2.05) is 6.92 Å². The van der Waals surface area contributed by atoms with Gasteiger partial charge in [-0.2, -0.15) is 4.98 Å². The zero-order valence-corrected chi connectivity index (χ0v) is 21.0. The third-order valence-corrected chi connectivity index (χ3v) is 8.85. The minimum atomic E-state index is -3.87. The van der Waals surface area contributed by atoms with Gasteiger partial charge in [0.05, 0.1) is 4.90 Å². The number of halogens is 1. The van der Waals surface area contributed by atoms with Crippen LogP contribution in [0, 0.1) is 17.8 Å². The maximum atomic E-state index is 13.8. The van der Waals surface area contributed by atoms with Gasteiger partial charge in [-0.3, -0.25) is 0 Å². The van der Waals surface area contributed by atoms with Crippen LogP contribution < -0.4 is 4.90 Å². The molecule has 2 bridgehead atoms. The molecule has 0 N–H and O–H groups in total. The van der Waals surface area contributed by atoms with E-state index in [2.05, 4.69) is 30.7 Å². The summed E-state index contributed by atoms with van der Waals surface area (Å²) >= 11 is 6.05. The molecule has 174 valence electrons. The highest BCUT2D eigenvalue weighted by Crippen LogP contribution is 2.54. The van der Waals surface area contributed by atoms with Crippen LogP contribution in [0.4, 0.5) is 5.88 Å². The number of sulfone groups is 1. The number of aromatic nitrogens is 1. The molecule has 2 aromatic carbocycles. The number of nitrogens with zero attached hydrogens (tertiary/aromatic N) is 2. The Bertz CT molecular complexity index is 1300. The number of fused-ring (bicyclic) bond motifs is 2. The molecule has 7 heteroatoms. The van der Waals surface area contributed by atoms with Crippen LogP contribution in [-0.2, 0) is 9.84 Å². The van der Waals surface area contributed by atoms with Crippen molar-refractivity contribution >= 4 is 27.3 Å². The fourth-order valence-corrected chi connectivity index (χ4v) is 7.33. The lowest BCUT2D eigenvalue weighted by Gasteiger charge is -2.39. The van der Waals surface area contributed by atoms with Crippen molar-refractivity contribution in [1.29, 1.82) is 0 Å². The van der Waals surface area contributed by atoms with Crippen LogP contribution in [0.15, 0.2) is 62.9 Å². The number of aryl methyl sites for hydroxylation is 1. The van der Waals surface area contributed by atoms with Gasteiger partial charge in [0.1, 0.15) is 0 Å². The summed E-state index contributed by atoms with van der Waals surface area (Å²) in [5.41, 5.74) is 2.01. The van der Waals surface area contributed by atoms with Gasteiger partial charge < -0.3 is 9.32 Å². The Morgan fingerprint density at radius 2 is 1.70 bits per heavy atom. The van der Waals surface area contributed by atoms with Crippen molar-refractivity contribution in [2.24, 2.45) is 10.8 Å². The number of benzene rings is 2. The van der Waals surface area contributed by atoms with Crippen molar-refractivity contribution in [3.63, 3.8) is 0 Å². The molecule has 0 amide bonds. The summed E-state index contributed by atoms with van der Waals surface area (Å²) in [7, 11) is -3.87. The molecule has 0 radical (unpaired) electrons. The molecule has 1 aliphatic heterocycles. The Kier molecular flexibility index (Phi) is 5.18. The van der Waals surface area contributed by atoms with Gasteiger partial charge in [-0.25, -0.2) is 8.42 Å². The monoisotopic (exact) mass is 484 g/mol. The Hall–Kier alpha value is -2.31. The molecular formula is C26H29ClN2O3S. The predicted octanol–water partition coefficient (Wildman–Crippen LogP) is 6.54. The SMILES string of the molecule is Cc1ccc(S(=O)(=O)c2nc(-c3ccc(Cl)cc3)oc2N2C[C@]3(C)C[C@H]2CC(C)(C)C3)cc1. The number of rotatable bonds is 4. The second kappa shape index (κ2) is 7.60. The van der Waals surface area contributed by atoms with Crippen LogP contribution in [0.25, 0.3) is 11.5 Å². The lowest BCUT2D eigenvalue weighted by Crippen LogP contribution is -2.35. The average Bonchev–Trinajstić information content (AvgIpc) is 3.27. The number of oxazole rings is 1. The molecule has 3 aromatic rings. The van der Waals surface area contributed by atoms with E-state index < -0.39 is 9.84 Å². The third kappa shape index (κ3) is 4.08. The lowest BCUT2D eigenvalue weighted by atomic mass is 9.65. The molecule has 1 saturated carbocycles. The number of hydrogen-bond acceptors (Lipinski definition) is 5. The van der Waals surface area contributed by atoms with Gasteiger partial charge in [0.25, 0.3) is 0 Å². The molecule has 2 aliphatic rings. The second-order valence-corrected chi connectivity index (χ2v) is 13.1. The quantitative estimate of drug-likeness (QED) is 0.420. The van der Waals surface area contributed by atoms with Crippen molar-refractivity contribution in [2.45, 2.75) is 62.9 Å². The normalized spacial score (nSPS) is 24.3. The third-order valence-electron chi connectivity index (χ3n) is 6.93. The molecule has 2 heterocycles. The van der Waals surface area contributed by atoms with Crippen LogP contribution in [0.1, 0.15) is 45.6 Å². The van der Waals surface area contributed by atoms with E-state index in [1.165, 1.54) is 0 Å². The molecule has 0 spiro atoms. The van der Waals surface area contributed by atoms with Gasteiger partial charge in [0.2, 0.25) is 26.6 Å². The summed E-state index contributed by atoms with van der Waals surface area (Å²) in [6, 6.07) is 14.2. The largest absolute Gasteiger partial charge is 0.419 e. The van der Waals surface area contributed by atoms with Crippen LogP contribution in [0.2, 0.25) is 5.02 Å². The molecule has 1 saturated heterocycles. The first-order valence-corrected chi connectivity index (χ1v) is 13.2. The predicted molar refractivity (Wildman–Crippen MR) is 130 cm³/mol. The van der Waals surface area contributed by atoms with Gasteiger partial charge >= 0.3 is 0 Å². The van der Waals surface area contributed by atoms with E-state index in [4.69, 9.17) is 16.0 Å². The van der Waals surface area contributed by atoms with Crippen LogP contribution in [0.3, 0.4) is 0 Å². The Morgan fingerprint density at radius 3 is 2.36 bits per heavy atom. The molecule has 5 rings (SSSR count). The molecule has 5 nitrogen and oxygen atoms in total. The van der Waals surface area contributed by atoms with Gasteiger partial charge in [-0.05, 0) is 73.4 Å². The molecule has 33 heavy (non-hydrogen) atoms. The first-order chi connectivity index (χ1) is 15.5. The Balaban J connectivity index is 1.65. The summed E-state index contributed by atoms with van der Waals surface area (Å²) in [4.78, 5) is 6.94. The van der Waals surface area contributed by atoms with Gasteiger partial charge in [0, 0.05) is 23.2 Å². The Morgan fingerprint density at radius 1 is 1.03 bits per heavy atom. The minimum absolute atomic E-state index is 0.00902. The highest BCUT2D eigenvalue weighted by molar-refractivity contribution is 7.91. The number of anilines is 1. The van der Waals surface area contributed by atoms with E-state index in [0.717, 1.165) is 31.4 Å². The van der Waals surface area contributed by atoms with E-state index in [1.54, 1.807) is 48.5 Å². The van der Waals surface area contributed by atoms with E-state index in [-0.39, 0.29) is 26.8 Å². The van der Waals surface area contributed by atoms with E-state index >= 15 is 0 Å². The second-order valence-electron chi connectivity index (χ2n) is 10.8. The standard InChI is InChI=1S/C26H29ClN2O3S/c1-17-5-11-21(12-6-17)33(30,31)23-24(32-22(28-23)18-7-9-19(27)10-8-18)29-16-26(4)14-20(29)13-25(2,3)15-26/h5-12,20H,13-16H2,1-4H3/t20-,26-/m1/s1. The molecule has 0 unspecified atom stereocenters. The van der Waals surface area contributed by atoms with Crippen molar-refractivity contribution in [3.8, 4) is 11.5 Å². The lowest BCUT2D eigenvalue weighted by molar-refractivity contribution is 0.136. The Labute approximate surface area is 200 Å². The topological polar surface area (TPSA) is 63.4 Å². The smallest absolute Gasteiger partial charge is 0.236 e. The van der Waals surface area contributed by atoms with Crippen LogP contribution in [0.5, 0.6) is 0 Å². The maximum absolute atomic E-state index is 13.8. The summed E-state index contributed by atoms with van der Waals surface area (Å²) in [5.74, 6) is 0.644. The van der Waals surface area contributed by atoms with E-state index in [0.29, 0.717) is 22.4 Å². The van der Waals surface area contributed by atoms with Crippen molar-refractivity contribution in [2.75, 3.05) is 11.4 Å². The molecule has 1 aliphatic carbocycles. The van der Waals surface area contributed by atoms with Crippen molar-refractivity contribution in [3.05, 3.63) is 59.1 Å². The van der Waals surface area contributed by atoms with Gasteiger partial charge in [-0.1, -0.05) is 50.1 Å². The van der Waals surface area contributed by atoms with Crippen molar-refractivity contribution in [1.82, 2.24) is 4.98 Å². The first kappa shape index (κ1) is 22.5. The van der Waals surface area contributed by atoms with Gasteiger partial charge in [-0.15, -0.1) is 0 Å². The molecule has 2 fully saturated rings. The zero-order valence-electron chi connectivity index (χ0n) is 19.4. The molecular weight excluding hydrogens is 456 g/mol. The highest BCUT2D eigenvalue weighted by atomic mass is 35.5. The van der Waals surface area contributed by atoms with Gasteiger partial charge in [0.15, 0.2) is 0 Å². The zero-order chi connectivity index (χ0) is 23.6. The first-order valence-electron chi connectivity index (χ1n) is 11.3. The van der Waals surface area contributed by atoms with Crippen LogP contribution >= 0.6 is 11.6 Å². The summed E-state index contributed by atoms with van der Waals surface area (Å²) in [6.07, 6.45) is 3.12. The average molecular weight is 485 g/mol. The fourth-order valence-electron chi connectivity index (χ4n) is 5.90. The van der Waals surface area contributed by atoms with E-state index in [9.17, 15) is 8.42 Å². The highest BCUT2D eigenvalue weighted by Gasteiger charge is 2.51. The number of hydrogen-bond donors (Lipinski definition) is 0. The molecule has 2 atom stereocenters. The summed E-state index contributed by atoms with van der Waals surface area (Å²) in [5, 5.41) is 0.590. The van der Waals surface area contributed by atoms with Crippen molar-refractivity contribution < 1.29 is 12.8 Å². The minimum Gasteiger partial charge on any atom is -0.419 e. The molecule has 1 aromatic heterocycles. The summed E-state index contributed by atoms with van der Waals surface area (Å²) in [6.45, 7) is 9.58. The fraction of sp³-hybridized carbons (Fsp3) is 0.423.